The number of halogens is 6. The molecule has 0 bridgehead atoms. The summed E-state index contributed by atoms with van der Waals surface area (Å²) in [5.41, 5.74) is 15.9. The van der Waals surface area contributed by atoms with E-state index < -0.39 is 44.4 Å². The molecular formula is C60H120B6F6N12O12. The molecule has 0 amide bonds. The zero-order chi connectivity index (χ0) is 74.3. The molecule has 0 saturated carbocycles. The fraction of sp³-hybridized carbons (Fsp3) is 0.800. The van der Waals surface area contributed by atoms with Gasteiger partial charge in [-0.2, -0.15) is 0 Å². The first-order valence-electron chi connectivity index (χ1n) is 33.1. The molecule has 0 unspecified atom stereocenters. The maximum atomic E-state index is 10.1. The maximum absolute atomic E-state index is 10.1. The van der Waals surface area contributed by atoms with E-state index in [0.717, 1.165) is 78.5 Å². The lowest BCUT2D eigenvalue weighted by Gasteiger charge is -1.76. The molecule has 12 N–H and O–H groups in total. The van der Waals surface area contributed by atoms with Crippen LogP contribution in [0.3, 0.4) is 0 Å². The van der Waals surface area contributed by atoms with Gasteiger partial charge in [0.25, 0.3) is 0 Å². The SMILES string of the molecule is CC1=NCCC1.CC1=NCCC1.CC1=NCCC1.CC1=NCCC1.CC1=NCCC1.CC1=NCCC1.CC1=NCCC1.CC1=NCCC1.CC1=NCCC1.CC1=NCCC1.CC1=NCCC1.CC1=NCCC1.OB(O)F.OB(O)F.OB(O)F.OB(O)F.OB(O)F.OB(O)F. The zero-order valence-electron chi connectivity index (χ0n) is 59.9. The molecule has 0 fully saturated rings. The Hall–Kier alpha value is -4.47. The van der Waals surface area contributed by atoms with E-state index in [4.69, 9.17) is 60.3 Å². The van der Waals surface area contributed by atoms with Crippen molar-refractivity contribution < 1.29 is 86.2 Å². The van der Waals surface area contributed by atoms with Gasteiger partial charge in [-0.05, 0) is 237 Å². The van der Waals surface area contributed by atoms with E-state index >= 15 is 0 Å². The van der Waals surface area contributed by atoms with Crippen LogP contribution in [-0.2, 0) is 0 Å². The van der Waals surface area contributed by atoms with Gasteiger partial charge in [-0.25, -0.2) is 0 Å². The lowest BCUT2D eigenvalue weighted by molar-refractivity contribution is 0.338. The van der Waals surface area contributed by atoms with Crippen molar-refractivity contribution in [2.45, 2.75) is 237 Å². The van der Waals surface area contributed by atoms with Crippen LogP contribution < -0.4 is 0 Å². The molecule has 96 heavy (non-hydrogen) atoms. The summed E-state index contributed by atoms with van der Waals surface area (Å²) in [5.74, 6) is 0. The largest absolute Gasteiger partial charge is 0.674 e. The highest BCUT2D eigenvalue weighted by atomic mass is 19.1. The minimum absolute atomic E-state index is 1.08. The fourth-order valence-corrected chi connectivity index (χ4v) is 8.21. The van der Waals surface area contributed by atoms with Crippen molar-refractivity contribution >= 4 is 113 Å². The van der Waals surface area contributed by atoms with Crippen LogP contribution in [0.2, 0.25) is 0 Å². The summed E-state index contributed by atoms with van der Waals surface area (Å²) in [4.78, 5) is 49.8. The number of rotatable bonds is 0. The second kappa shape index (κ2) is 76.3. The van der Waals surface area contributed by atoms with Crippen molar-refractivity contribution in [3.05, 3.63) is 0 Å². The quantitative estimate of drug-likeness (QED) is 0.0803. The average Bonchev–Trinajstić information content (AvgIpc) is 4.39. The standard InChI is InChI=1S/12C5H9N.6BFH2O2/c12*1-5-3-2-4-6-5;6*2-1(3)4/h12*2-4H2,1H3;6*3-4H. The van der Waals surface area contributed by atoms with Crippen LogP contribution >= 0.6 is 0 Å². The van der Waals surface area contributed by atoms with Gasteiger partial charge < -0.3 is 60.3 Å². The third-order valence-electron chi connectivity index (χ3n) is 12.9. The Bertz CT molecular complexity index is 1710. The first-order chi connectivity index (χ1) is 45.1. The summed E-state index contributed by atoms with van der Waals surface area (Å²) in [7, 11) is -16.0. The van der Waals surface area contributed by atoms with Crippen LogP contribution in [0.4, 0.5) is 25.9 Å². The number of aliphatic imine (C=N–C) groups is 12. The second-order valence-corrected chi connectivity index (χ2v) is 22.5. The molecule has 12 aliphatic heterocycles. The van der Waals surface area contributed by atoms with Gasteiger partial charge in [0.15, 0.2) is 0 Å². The molecule has 0 atom stereocenters. The van der Waals surface area contributed by atoms with Crippen molar-refractivity contribution in [1.82, 2.24) is 0 Å². The smallest absolute Gasteiger partial charge is 0.398 e. The van der Waals surface area contributed by atoms with E-state index in [-0.39, 0.29) is 0 Å². The average molecular weight is 1380 g/mol. The van der Waals surface area contributed by atoms with Crippen LogP contribution in [0.25, 0.3) is 0 Å². The van der Waals surface area contributed by atoms with Gasteiger partial charge in [0, 0.05) is 147 Å². The minimum Gasteiger partial charge on any atom is -0.398 e. The molecule has 12 rings (SSSR count). The summed E-state index contributed by atoms with van der Waals surface area (Å²) >= 11 is 0. The van der Waals surface area contributed by atoms with Crippen LogP contribution in [0.5, 0.6) is 0 Å². The van der Waals surface area contributed by atoms with Crippen molar-refractivity contribution in [2.75, 3.05) is 78.5 Å². The highest BCUT2D eigenvalue weighted by Crippen LogP contribution is 2.07. The molecule has 0 saturated heterocycles. The third-order valence-corrected chi connectivity index (χ3v) is 12.9. The second-order valence-electron chi connectivity index (χ2n) is 22.5. The highest BCUT2D eigenvalue weighted by molar-refractivity contribution is 6.32. The molecule has 0 aromatic heterocycles. The normalized spacial score (nSPS) is 17.6. The Morgan fingerprint density at radius 2 is 0.219 bits per heavy atom. The molecular weight excluding hydrogens is 1260 g/mol. The van der Waals surface area contributed by atoms with E-state index in [0.29, 0.717) is 0 Å². The van der Waals surface area contributed by atoms with Gasteiger partial charge in [0.2, 0.25) is 0 Å². The topological polar surface area (TPSA) is 391 Å². The molecule has 552 valence electrons. The Morgan fingerprint density at radius 3 is 0.229 bits per heavy atom. The fourth-order valence-electron chi connectivity index (χ4n) is 8.21. The Morgan fingerprint density at radius 1 is 0.167 bits per heavy atom. The highest BCUT2D eigenvalue weighted by Gasteiger charge is 2.05. The van der Waals surface area contributed by atoms with Gasteiger partial charge in [-0.3, -0.25) is 85.8 Å². The predicted octanol–water partition coefficient (Wildman–Crippen LogP) is 8.45. The number of hydrogen-bond donors (Lipinski definition) is 12. The Labute approximate surface area is 572 Å². The van der Waals surface area contributed by atoms with Crippen molar-refractivity contribution in [3.8, 4) is 0 Å². The van der Waals surface area contributed by atoms with E-state index in [1.807, 2.05) is 0 Å². The van der Waals surface area contributed by atoms with E-state index in [9.17, 15) is 25.9 Å². The van der Waals surface area contributed by atoms with Crippen molar-refractivity contribution in [3.63, 3.8) is 0 Å². The zero-order valence-corrected chi connectivity index (χ0v) is 59.9. The van der Waals surface area contributed by atoms with E-state index in [1.54, 1.807) is 0 Å². The molecule has 12 heterocycles. The van der Waals surface area contributed by atoms with Crippen LogP contribution in [0.15, 0.2) is 59.9 Å². The molecule has 0 radical (unpaired) electrons. The molecule has 12 aliphatic rings. The van der Waals surface area contributed by atoms with E-state index in [2.05, 4.69) is 143 Å². The Balaban J connectivity index is -0.000000224. The lowest BCUT2D eigenvalue weighted by Crippen LogP contribution is -1.98. The van der Waals surface area contributed by atoms with Gasteiger partial charge in [-0.1, -0.05) is 0 Å². The summed E-state index contributed by atoms with van der Waals surface area (Å²) in [6.45, 7) is 38.0. The van der Waals surface area contributed by atoms with E-state index in [1.165, 1.54) is 223 Å². The molecule has 0 aliphatic carbocycles. The summed E-state index contributed by atoms with van der Waals surface area (Å²) < 4.78 is 60.7. The summed E-state index contributed by atoms with van der Waals surface area (Å²) in [6.07, 6.45) is 30.2. The first-order valence-corrected chi connectivity index (χ1v) is 33.1. The van der Waals surface area contributed by atoms with Crippen molar-refractivity contribution in [2.24, 2.45) is 59.9 Å². The maximum Gasteiger partial charge on any atom is 0.674 e. The first kappa shape index (κ1) is 103. The molecule has 0 spiro atoms. The molecule has 36 heteroatoms. The van der Waals surface area contributed by atoms with Gasteiger partial charge in [0.05, 0.1) is 0 Å². The van der Waals surface area contributed by atoms with Gasteiger partial charge in [0.1, 0.15) is 0 Å². The third kappa shape index (κ3) is 111. The predicted molar refractivity (Wildman–Crippen MR) is 394 cm³/mol. The number of hydrogen-bond acceptors (Lipinski definition) is 24. The van der Waals surface area contributed by atoms with Crippen LogP contribution in [0.1, 0.15) is 237 Å². The number of nitrogens with zero attached hydrogens (tertiary/aromatic N) is 12. The lowest BCUT2D eigenvalue weighted by atomic mass is 10.3. The minimum atomic E-state index is -2.67. The molecule has 0 aromatic carbocycles. The van der Waals surface area contributed by atoms with Gasteiger partial charge >= 0.3 is 44.4 Å². The molecule has 0 aromatic rings. The summed E-state index contributed by atoms with van der Waals surface area (Å²) in [5, 5.41) is 83.3. The Kier molecular flexibility index (Phi) is 81.5. The van der Waals surface area contributed by atoms with Gasteiger partial charge in [-0.15, -0.1) is 0 Å². The molecule has 24 nitrogen and oxygen atoms in total. The van der Waals surface area contributed by atoms with Crippen molar-refractivity contribution in [1.29, 1.82) is 0 Å². The van der Waals surface area contributed by atoms with Crippen LogP contribution in [-0.4, -0.2) is 252 Å². The van der Waals surface area contributed by atoms with Crippen LogP contribution in [0, 0.1) is 0 Å². The summed E-state index contributed by atoms with van der Waals surface area (Å²) in [6, 6.07) is 0. The monoisotopic (exact) mass is 1380 g/mol.